The summed E-state index contributed by atoms with van der Waals surface area (Å²) in [6, 6.07) is 10.1. The third-order valence-corrected chi connectivity index (χ3v) is 7.72. The molecule has 1 amide bonds. The number of esters is 1. The number of thiazole rings is 1. The Morgan fingerprint density at radius 1 is 1.11 bits per heavy atom. The van der Waals surface area contributed by atoms with Crippen LogP contribution in [0.3, 0.4) is 0 Å². The number of amides is 1. The molecule has 4 aromatic rings. The number of benzene rings is 2. The molecule has 5 rings (SSSR count). The maximum atomic E-state index is 14.0. The molecule has 1 aliphatic rings. The molecular formula is C29H28N2O6S. The van der Waals surface area contributed by atoms with Gasteiger partial charge in [0.25, 0.3) is 5.91 Å². The molecule has 2 aromatic heterocycles. The van der Waals surface area contributed by atoms with Gasteiger partial charge in [0, 0.05) is 0 Å². The van der Waals surface area contributed by atoms with Gasteiger partial charge in [0.15, 0.2) is 10.6 Å². The second-order valence-corrected chi connectivity index (χ2v) is 10.2. The predicted molar refractivity (Wildman–Crippen MR) is 146 cm³/mol. The highest BCUT2D eigenvalue weighted by molar-refractivity contribution is 7.17. The molecule has 8 nitrogen and oxygen atoms in total. The van der Waals surface area contributed by atoms with Gasteiger partial charge in [-0.1, -0.05) is 30.4 Å². The van der Waals surface area contributed by atoms with Crippen LogP contribution in [0.2, 0.25) is 0 Å². The van der Waals surface area contributed by atoms with Crippen LogP contribution in [0.4, 0.5) is 5.13 Å². The molecule has 38 heavy (non-hydrogen) atoms. The molecule has 0 spiro atoms. The largest absolute Gasteiger partial charge is 0.494 e. The molecule has 2 aromatic carbocycles. The quantitative estimate of drug-likeness (QED) is 0.274. The van der Waals surface area contributed by atoms with Gasteiger partial charge < -0.3 is 13.9 Å². The summed E-state index contributed by atoms with van der Waals surface area (Å²) < 4.78 is 17.1. The van der Waals surface area contributed by atoms with E-state index in [9.17, 15) is 14.4 Å². The van der Waals surface area contributed by atoms with E-state index >= 15 is 0 Å². The zero-order valence-corrected chi connectivity index (χ0v) is 22.7. The second kappa shape index (κ2) is 10.1. The maximum absolute atomic E-state index is 14.0. The van der Waals surface area contributed by atoms with Gasteiger partial charge in [-0.2, -0.15) is 0 Å². The average Bonchev–Trinajstić information content (AvgIpc) is 3.42. The Labute approximate surface area is 223 Å². The summed E-state index contributed by atoms with van der Waals surface area (Å²) in [6.07, 6.45) is 0.838. The van der Waals surface area contributed by atoms with E-state index in [4.69, 9.17) is 13.9 Å². The van der Waals surface area contributed by atoms with Crippen LogP contribution in [0.5, 0.6) is 5.75 Å². The van der Waals surface area contributed by atoms with Gasteiger partial charge in [0.1, 0.15) is 16.2 Å². The van der Waals surface area contributed by atoms with Crippen LogP contribution in [0.15, 0.2) is 45.6 Å². The van der Waals surface area contributed by atoms with Crippen molar-refractivity contribution in [2.45, 2.75) is 47.1 Å². The highest BCUT2D eigenvalue weighted by atomic mass is 32.1. The van der Waals surface area contributed by atoms with Crippen molar-refractivity contribution in [3.05, 3.63) is 85.2 Å². The highest BCUT2D eigenvalue weighted by Crippen LogP contribution is 2.44. The molecule has 3 heterocycles. The molecule has 0 aliphatic carbocycles. The lowest BCUT2D eigenvalue weighted by molar-refractivity contribution is 0.0531. The molecule has 0 fully saturated rings. The molecule has 0 N–H and O–H groups in total. The standard InChI is InChI=1S/C29H28N2O6S/c1-6-11-36-19-10-8-9-18(14-19)23-22-24(32)20-12-15(3)16(4)13-21(20)37-25(22)27(33)31(23)29-30-17(5)26(38-29)28(34)35-7-2/h8-10,12-14,23H,6-7,11H2,1-5H3. The zero-order chi connectivity index (χ0) is 27.1. The second-order valence-electron chi connectivity index (χ2n) is 9.24. The Bertz CT molecular complexity index is 1640. The van der Waals surface area contributed by atoms with E-state index < -0.39 is 17.9 Å². The van der Waals surface area contributed by atoms with E-state index in [1.165, 1.54) is 4.90 Å². The van der Waals surface area contributed by atoms with Gasteiger partial charge in [-0.25, -0.2) is 9.78 Å². The molecule has 0 radical (unpaired) electrons. The SMILES string of the molecule is CCCOc1cccc(C2c3c(oc4cc(C)c(C)cc4c3=O)C(=O)N2c2nc(C)c(C(=O)OCC)s2)c1. The monoisotopic (exact) mass is 532 g/mol. The van der Waals surface area contributed by atoms with Crippen LogP contribution in [-0.2, 0) is 4.74 Å². The Hall–Kier alpha value is -3.98. The van der Waals surface area contributed by atoms with Crippen LogP contribution in [0, 0.1) is 20.8 Å². The number of aryl methyl sites for hydroxylation is 3. The van der Waals surface area contributed by atoms with Crippen molar-refractivity contribution in [3.8, 4) is 5.75 Å². The van der Waals surface area contributed by atoms with Crippen molar-refractivity contribution >= 4 is 39.3 Å². The number of rotatable bonds is 7. The first-order chi connectivity index (χ1) is 18.2. The fraction of sp³-hybridized carbons (Fsp3) is 0.310. The lowest BCUT2D eigenvalue weighted by atomic mass is 9.97. The summed E-state index contributed by atoms with van der Waals surface area (Å²) >= 11 is 1.06. The van der Waals surface area contributed by atoms with Crippen molar-refractivity contribution < 1.29 is 23.5 Å². The van der Waals surface area contributed by atoms with Crippen molar-refractivity contribution in [1.29, 1.82) is 0 Å². The third kappa shape index (κ3) is 4.26. The summed E-state index contributed by atoms with van der Waals surface area (Å²) in [6.45, 7) is 10.0. The Morgan fingerprint density at radius 2 is 1.87 bits per heavy atom. The minimum atomic E-state index is -0.814. The number of carbonyl (C=O) groups is 2. The first-order valence-electron chi connectivity index (χ1n) is 12.5. The number of hydrogen-bond donors (Lipinski definition) is 0. The highest BCUT2D eigenvalue weighted by Gasteiger charge is 2.45. The van der Waals surface area contributed by atoms with Crippen molar-refractivity contribution in [2.75, 3.05) is 18.1 Å². The van der Waals surface area contributed by atoms with Crippen molar-refractivity contribution in [3.63, 3.8) is 0 Å². The van der Waals surface area contributed by atoms with Crippen LogP contribution < -0.4 is 15.1 Å². The maximum Gasteiger partial charge on any atom is 0.350 e. The van der Waals surface area contributed by atoms with Crippen LogP contribution in [0.1, 0.15) is 74.5 Å². The summed E-state index contributed by atoms with van der Waals surface area (Å²) in [5.74, 6) is -0.396. The summed E-state index contributed by atoms with van der Waals surface area (Å²) in [4.78, 5) is 46.7. The minimum Gasteiger partial charge on any atom is -0.494 e. The zero-order valence-electron chi connectivity index (χ0n) is 21.9. The number of carbonyl (C=O) groups excluding carboxylic acids is 2. The fourth-order valence-electron chi connectivity index (χ4n) is 4.61. The van der Waals surface area contributed by atoms with E-state index in [2.05, 4.69) is 4.98 Å². The van der Waals surface area contributed by atoms with Gasteiger partial charge >= 0.3 is 5.97 Å². The summed E-state index contributed by atoms with van der Waals surface area (Å²) in [7, 11) is 0. The van der Waals surface area contributed by atoms with Gasteiger partial charge in [-0.3, -0.25) is 14.5 Å². The van der Waals surface area contributed by atoms with Gasteiger partial charge in [0.05, 0.1) is 35.9 Å². The Balaban J connectivity index is 1.74. The summed E-state index contributed by atoms with van der Waals surface area (Å²) in [5, 5.41) is 0.690. The number of aromatic nitrogens is 1. The molecule has 1 unspecified atom stereocenters. The molecule has 0 saturated heterocycles. The number of anilines is 1. The van der Waals surface area contributed by atoms with Crippen LogP contribution in [0.25, 0.3) is 11.0 Å². The molecule has 0 bridgehead atoms. The topological polar surface area (TPSA) is 98.9 Å². The lowest BCUT2D eigenvalue weighted by Crippen LogP contribution is -2.29. The smallest absolute Gasteiger partial charge is 0.350 e. The van der Waals surface area contributed by atoms with E-state index in [1.54, 1.807) is 26.0 Å². The summed E-state index contributed by atoms with van der Waals surface area (Å²) in [5.41, 5.74) is 3.34. The first kappa shape index (κ1) is 25.7. The number of nitrogens with zero attached hydrogens (tertiary/aromatic N) is 2. The van der Waals surface area contributed by atoms with E-state index in [-0.39, 0.29) is 28.5 Å². The van der Waals surface area contributed by atoms with Crippen LogP contribution in [-0.4, -0.2) is 30.1 Å². The molecule has 1 atom stereocenters. The Kier molecular flexibility index (Phi) is 6.79. The predicted octanol–water partition coefficient (Wildman–Crippen LogP) is 5.89. The first-order valence-corrected chi connectivity index (χ1v) is 13.4. The van der Waals surface area contributed by atoms with Gasteiger partial charge in [-0.05, 0) is 75.1 Å². The van der Waals surface area contributed by atoms with E-state index in [0.717, 1.165) is 28.9 Å². The lowest BCUT2D eigenvalue weighted by Gasteiger charge is -2.23. The third-order valence-electron chi connectivity index (χ3n) is 6.59. The van der Waals surface area contributed by atoms with Gasteiger partial charge in [0.2, 0.25) is 5.76 Å². The molecular weight excluding hydrogens is 504 g/mol. The van der Waals surface area contributed by atoms with E-state index in [1.807, 2.05) is 45.0 Å². The number of hydrogen-bond acceptors (Lipinski definition) is 8. The van der Waals surface area contributed by atoms with E-state index in [0.29, 0.717) is 39.5 Å². The van der Waals surface area contributed by atoms with Crippen molar-refractivity contribution in [1.82, 2.24) is 4.98 Å². The fourth-order valence-corrected chi connectivity index (χ4v) is 5.59. The van der Waals surface area contributed by atoms with Gasteiger partial charge in [-0.15, -0.1) is 0 Å². The molecule has 1 aliphatic heterocycles. The number of fused-ring (bicyclic) bond motifs is 2. The average molecular weight is 533 g/mol. The normalized spacial score (nSPS) is 14.7. The van der Waals surface area contributed by atoms with Crippen LogP contribution >= 0.6 is 11.3 Å². The van der Waals surface area contributed by atoms with Crippen molar-refractivity contribution in [2.24, 2.45) is 0 Å². The molecule has 196 valence electrons. The molecule has 0 saturated carbocycles. The minimum absolute atomic E-state index is 0.0267. The number of ether oxygens (including phenoxy) is 2. The molecule has 9 heteroatoms. The Morgan fingerprint density at radius 3 is 2.61 bits per heavy atom.